The molecular weight excluding hydrogens is 282 g/mol. The van der Waals surface area contributed by atoms with Crippen LogP contribution in [0.15, 0.2) is 21.7 Å². The molecule has 4 nitrogen and oxygen atoms in total. The first kappa shape index (κ1) is 14.4. The molecule has 0 radical (unpaired) electrons. The smallest absolute Gasteiger partial charge is 0.329 e. The number of carbonyl (C=O) groups is 2. The fourth-order valence-electron chi connectivity index (χ4n) is 2.33. The van der Waals surface area contributed by atoms with Crippen molar-refractivity contribution in [3.8, 4) is 0 Å². The second-order valence-electron chi connectivity index (χ2n) is 4.72. The molecule has 1 heterocycles. The van der Waals surface area contributed by atoms with Crippen LogP contribution in [0, 0.1) is 0 Å². The molecule has 0 aromatic carbocycles. The summed E-state index contributed by atoms with van der Waals surface area (Å²) in [5, 5.41) is 14.1. The quantitative estimate of drug-likeness (QED) is 0.820. The molecule has 104 valence electrons. The van der Waals surface area contributed by atoms with Gasteiger partial charge in [0.05, 0.1) is 9.96 Å². The maximum atomic E-state index is 11.9. The van der Waals surface area contributed by atoms with E-state index in [0.717, 1.165) is 23.5 Å². The van der Waals surface area contributed by atoms with Gasteiger partial charge in [-0.1, -0.05) is 25.3 Å². The van der Waals surface area contributed by atoms with Crippen LogP contribution in [0.25, 0.3) is 0 Å². The third-order valence-corrected chi connectivity index (χ3v) is 5.47. The van der Waals surface area contributed by atoms with Gasteiger partial charge in [-0.3, -0.25) is 4.79 Å². The number of nitrogens with one attached hydrogen (secondary N) is 1. The fourth-order valence-corrected chi connectivity index (χ4v) is 3.92. The highest BCUT2D eigenvalue weighted by Gasteiger charge is 2.40. The predicted molar refractivity (Wildman–Crippen MR) is 76.6 cm³/mol. The van der Waals surface area contributed by atoms with E-state index in [2.05, 4.69) is 5.32 Å². The molecule has 1 amide bonds. The lowest BCUT2D eigenvalue weighted by Crippen LogP contribution is -2.56. The van der Waals surface area contributed by atoms with Crippen LogP contribution < -0.4 is 5.32 Å². The second kappa shape index (κ2) is 6.43. The van der Waals surface area contributed by atoms with E-state index >= 15 is 0 Å². The number of thiophene rings is 1. The van der Waals surface area contributed by atoms with E-state index in [1.54, 1.807) is 11.3 Å². The SMILES string of the molecule is O=C(CSc1cccs1)NC1(C(=O)O)CCCCC1. The molecule has 19 heavy (non-hydrogen) atoms. The van der Waals surface area contributed by atoms with E-state index in [0.29, 0.717) is 12.8 Å². The van der Waals surface area contributed by atoms with Crippen molar-refractivity contribution in [3.05, 3.63) is 17.5 Å². The summed E-state index contributed by atoms with van der Waals surface area (Å²) in [6, 6.07) is 3.89. The molecule has 2 N–H and O–H groups in total. The summed E-state index contributed by atoms with van der Waals surface area (Å²) in [5.74, 6) is -0.820. The Labute approximate surface area is 120 Å². The first-order valence-electron chi connectivity index (χ1n) is 6.33. The molecule has 6 heteroatoms. The zero-order chi connectivity index (χ0) is 13.7. The lowest BCUT2D eigenvalue weighted by Gasteiger charge is -2.33. The van der Waals surface area contributed by atoms with Gasteiger partial charge in [-0.05, 0) is 24.3 Å². The highest BCUT2D eigenvalue weighted by atomic mass is 32.2. The van der Waals surface area contributed by atoms with Crippen molar-refractivity contribution in [2.75, 3.05) is 5.75 Å². The zero-order valence-electron chi connectivity index (χ0n) is 10.6. The molecule has 1 aliphatic rings. The van der Waals surface area contributed by atoms with Crippen LogP contribution in [0.3, 0.4) is 0 Å². The number of hydrogen-bond acceptors (Lipinski definition) is 4. The van der Waals surface area contributed by atoms with Crippen LogP contribution in [-0.4, -0.2) is 28.3 Å². The van der Waals surface area contributed by atoms with Gasteiger partial charge in [0.15, 0.2) is 0 Å². The van der Waals surface area contributed by atoms with Gasteiger partial charge in [0.2, 0.25) is 5.91 Å². The Balaban J connectivity index is 1.90. The van der Waals surface area contributed by atoms with Gasteiger partial charge in [-0.15, -0.1) is 23.1 Å². The normalized spacial score (nSPS) is 17.9. The van der Waals surface area contributed by atoms with Gasteiger partial charge in [-0.2, -0.15) is 0 Å². The maximum absolute atomic E-state index is 11.9. The summed E-state index contributed by atoms with van der Waals surface area (Å²) in [5.41, 5.74) is -1.04. The summed E-state index contributed by atoms with van der Waals surface area (Å²) in [6.07, 6.45) is 3.86. The Morgan fingerprint density at radius 3 is 2.68 bits per heavy atom. The average molecular weight is 299 g/mol. The molecule has 0 saturated heterocycles. The predicted octanol–water partition coefficient (Wildman–Crippen LogP) is 2.74. The van der Waals surface area contributed by atoms with Crippen LogP contribution in [0.4, 0.5) is 0 Å². The molecule has 0 bridgehead atoms. The van der Waals surface area contributed by atoms with E-state index < -0.39 is 11.5 Å². The van der Waals surface area contributed by atoms with Crippen molar-refractivity contribution in [1.29, 1.82) is 0 Å². The molecule has 0 atom stereocenters. The lowest BCUT2D eigenvalue weighted by atomic mass is 9.81. The molecule has 1 aromatic heterocycles. The number of carboxylic acids is 1. The van der Waals surface area contributed by atoms with E-state index in [-0.39, 0.29) is 11.7 Å². The first-order chi connectivity index (χ1) is 9.12. The van der Waals surface area contributed by atoms with Crippen molar-refractivity contribution in [2.24, 2.45) is 0 Å². The highest BCUT2D eigenvalue weighted by molar-refractivity contribution is 8.01. The van der Waals surface area contributed by atoms with Crippen LogP contribution >= 0.6 is 23.1 Å². The van der Waals surface area contributed by atoms with Gasteiger partial charge in [-0.25, -0.2) is 4.79 Å². The van der Waals surface area contributed by atoms with E-state index in [1.807, 2.05) is 17.5 Å². The minimum Gasteiger partial charge on any atom is -0.480 e. The minimum atomic E-state index is -1.04. The third-order valence-electron chi connectivity index (χ3n) is 3.34. The zero-order valence-corrected chi connectivity index (χ0v) is 12.2. The lowest BCUT2D eigenvalue weighted by molar-refractivity contribution is -0.148. The maximum Gasteiger partial charge on any atom is 0.329 e. The summed E-state index contributed by atoms with van der Waals surface area (Å²) in [6.45, 7) is 0. The molecule has 1 aliphatic carbocycles. The van der Waals surface area contributed by atoms with Gasteiger partial charge in [0.25, 0.3) is 0 Å². The molecule has 0 spiro atoms. The van der Waals surface area contributed by atoms with Crippen molar-refractivity contribution in [3.63, 3.8) is 0 Å². The van der Waals surface area contributed by atoms with Crippen LogP contribution in [0.2, 0.25) is 0 Å². The van der Waals surface area contributed by atoms with Crippen LogP contribution in [0.1, 0.15) is 32.1 Å². The number of carbonyl (C=O) groups excluding carboxylic acids is 1. The second-order valence-corrected chi connectivity index (χ2v) is 6.94. The van der Waals surface area contributed by atoms with Crippen molar-refractivity contribution in [1.82, 2.24) is 5.32 Å². The molecular formula is C13H17NO3S2. The summed E-state index contributed by atoms with van der Waals surface area (Å²) < 4.78 is 1.07. The number of hydrogen-bond donors (Lipinski definition) is 2. The summed E-state index contributed by atoms with van der Waals surface area (Å²) in [4.78, 5) is 23.4. The number of amides is 1. The number of rotatable bonds is 5. The van der Waals surface area contributed by atoms with Crippen LogP contribution in [-0.2, 0) is 9.59 Å². The molecule has 1 fully saturated rings. The highest BCUT2D eigenvalue weighted by Crippen LogP contribution is 2.29. The standard InChI is InChI=1S/C13H17NO3S2/c15-10(9-19-11-5-4-8-18-11)14-13(12(16)17)6-2-1-3-7-13/h4-5,8H,1-3,6-7,9H2,(H,14,15)(H,16,17). The fraction of sp³-hybridized carbons (Fsp3) is 0.538. The Kier molecular flexibility index (Phi) is 4.87. The number of aliphatic carboxylic acids is 1. The largest absolute Gasteiger partial charge is 0.480 e. The van der Waals surface area contributed by atoms with E-state index in [1.165, 1.54) is 11.8 Å². The van der Waals surface area contributed by atoms with Crippen molar-refractivity contribution in [2.45, 2.75) is 41.9 Å². The number of carboxylic acid groups (broad SMARTS) is 1. The van der Waals surface area contributed by atoms with Gasteiger partial charge in [0, 0.05) is 0 Å². The Bertz CT molecular complexity index is 439. The van der Waals surface area contributed by atoms with Gasteiger partial charge in [0.1, 0.15) is 5.54 Å². The monoisotopic (exact) mass is 299 g/mol. The topological polar surface area (TPSA) is 66.4 Å². The Hall–Kier alpha value is -1.01. The van der Waals surface area contributed by atoms with Gasteiger partial charge >= 0.3 is 5.97 Å². The van der Waals surface area contributed by atoms with Gasteiger partial charge < -0.3 is 10.4 Å². The molecule has 1 saturated carbocycles. The van der Waals surface area contributed by atoms with Crippen LogP contribution in [0.5, 0.6) is 0 Å². The molecule has 0 aliphatic heterocycles. The summed E-state index contributed by atoms with van der Waals surface area (Å²) in [7, 11) is 0. The Morgan fingerprint density at radius 1 is 1.37 bits per heavy atom. The molecule has 0 unspecified atom stereocenters. The van der Waals surface area contributed by atoms with Crippen molar-refractivity contribution >= 4 is 35.0 Å². The summed E-state index contributed by atoms with van der Waals surface area (Å²) >= 11 is 3.03. The minimum absolute atomic E-state index is 0.192. The van der Waals surface area contributed by atoms with E-state index in [4.69, 9.17) is 0 Å². The molecule has 2 rings (SSSR count). The average Bonchev–Trinajstić information content (AvgIpc) is 2.90. The number of thioether (sulfide) groups is 1. The Morgan fingerprint density at radius 2 is 2.11 bits per heavy atom. The third kappa shape index (κ3) is 3.73. The first-order valence-corrected chi connectivity index (χ1v) is 8.20. The molecule has 1 aromatic rings. The van der Waals surface area contributed by atoms with Crippen molar-refractivity contribution < 1.29 is 14.7 Å². The van der Waals surface area contributed by atoms with E-state index in [9.17, 15) is 14.7 Å².